The van der Waals surface area contributed by atoms with Crippen molar-refractivity contribution >= 4 is 17.2 Å². The molecular weight excluding hydrogens is 277 g/mol. The minimum Gasteiger partial charge on any atom is -0.395 e. The second kappa shape index (κ2) is 7.42. The smallest absolute Gasteiger partial charge is 0.251 e. The quantitative estimate of drug-likeness (QED) is 0.748. The van der Waals surface area contributed by atoms with Gasteiger partial charge in [0.05, 0.1) is 13.2 Å². The number of hydrogen-bond donors (Lipinski definition) is 2. The first-order valence-electron chi connectivity index (χ1n) is 5.64. The van der Waals surface area contributed by atoms with E-state index in [-0.39, 0.29) is 35.8 Å². The van der Waals surface area contributed by atoms with Gasteiger partial charge in [0, 0.05) is 24.2 Å². The fourth-order valence-corrected chi connectivity index (χ4v) is 1.86. The molecule has 106 valence electrons. The molecule has 0 radical (unpaired) electrons. The molecule has 3 nitrogen and oxygen atoms in total. The summed E-state index contributed by atoms with van der Waals surface area (Å²) in [5.41, 5.74) is 5.68. The average molecular weight is 292 g/mol. The Bertz CT molecular complexity index is 443. The van der Waals surface area contributed by atoms with Crippen LogP contribution in [0.5, 0.6) is 0 Å². The Balaban J connectivity index is 2.90. The summed E-state index contributed by atoms with van der Waals surface area (Å²) in [6, 6.07) is 4.48. The van der Waals surface area contributed by atoms with Crippen molar-refractivity contribution in [1.29, 1.82) is 0 Å². The zero-order chi connectivity index (χ0) is 14.4. The molecule has 0 spiro atoms. The Morgan fingerprint density at radius 2 is 2.11 bits per heavy atom. The highest BCUT2D eigenvalue weighted by Gasteiger charge is 2.16. The number of nitrogens with zero attached hydrogens (tertiary/aromatic N) is 1. The van der Waals surface area contributed by atoms with Crippen molar-refractivity contribution in [3.63, 3.8) is 0 Å². The second-order valence-corrected chi connectivity index (χ2v) is 4.43. The van der Waals surface area contributed by atoms with Crippen molar-refractivity contribution in [2.75, 3.05) is 19.7 Å². The summed E-state index contributed by atoms with van der Waals surface area (Å²) in [6.45, 7) is -0.797. The van der Waals surface area contributed by atoms with Crippen LogP contribution in [-0.2, 0) is 6.54 Å². The molecule has 0 amide bonds. The number of hydrogen-bond acceptors (Lipinski definition) is 3. The average Bonchev–Trinajstić information content (AvgIpc) is 2.31. The molecule has 0 saturated carbocycles. The van der Waals surface area contributed by atoms with E-state index in [1.54, 1.807) is 6.07 Å². The molecule has 0 atom stereocenters. The number of halogens is 3. The third-order valence-corrected chi connectivity index (χ3v) is 2.77. The van der Waals surface area contributed by atoms with E-state index in [1.165, 1.54) is 17.0 Å². The van der Waals surface area contributed by atoms with Crippen molar-refractivity contribution in [3.05, 3.63) is 35.1 Å². The molecule has 0 unspecified atom stereocenters. The SMILES string of the molecule is NC(=S)c1cccc(CN(CCO)CC(F)F)c1F. The van der Waals surface area contributed by atoms with Gasteiger partial charge in [-0.2, -0.15) is 0 Å². The van der Waals surface area contributed by atoms with Gasteiger partial charge in [-0.3, -0.25) is 4.90 Å². The Morgan fingerprint density at radius 1 is 1.42 bits per heavy atom. The van der Waals surface area contributed by atoms with Crippen LogP contribution in [0.1, 0.15) is 11.1 Å². The standard InChI is InChI=1S/C12H15F3N2OS/c13-10(14)7-17(4-5-18)6-8-2-1-3-9(11(8)15)12(16)19/h1-3,10,18H,4-7H2,(H2,16,19). The Kier molecular flexibility index (Phi) is 6.20. The zero-order valence-corrected chi connectivity index (χ0v) is 11.0. The highest BCUT2D eigenvalue weighted by molar-refractivity contribution is 7.80. The molecule has 0 aliphatic carbocycles. The van der Waals surface area contributed by atoms with E-state index in [1.807, 2.05) is 0 Å². The van der Waals surface area contributed by atoms with Gasteiger partial charge < -0.3 is 10.8 Å². The summed E-state index contributed by atoms with van der Waals surface area (Å²) in [4.78, 5) is 1.19. The molecule has 19 heavy (non-hydrogen) atoms. The summed E-state index contributed by atoms with van der Waals surface area (Å²) in [6.07, 6.45) is -2.55. The van der Waals surface area contributed by atoms with Crippen LogP contribution in [0.25, 0.3) is 0 Å². The van der Waals surface area contributed by atoms with Crippen molar-refractivity contribution in [1.82, 2.24) is 4.90 Å². The lowest BCUT2D eigenvalue weighted by Crippen LogP contribution is -2.31. The fourth-order valence-electron chi connectivity index (χ4n) is 1.70. The molecule has 0 aliphatic rings. The maximum Gasteiger partial charge on any atom is 0.251 e. The summed E-state index contributed by atoms with van der Waals surface area (Å²) < 4.78 is 38.7. The number of nitrogens with two attached hydrogens (primary N) is 1. The molecule has 0 aromatic heterocycles. The first-order valence-corrected chi connectivity index (χ1v) is 6.05. The first kappa shape index (κ1) is 15.9. The highest BCUT2D eigenvalue weighted by Crippen LogP contribution is 2.15. The number of aliphatic hydroxyl groups is 1. The first-order chi connectivity index (χ1) is 8.95. The summed E-state index contributed by atoms with van der Waals surface area (Å²) in [5.74, 6) is -0.604. The molecule has 0 fully saturated rings. The van der Waals surface area contributed by atoms with Gasteiger partial charge in [-0.15, -0.1) is 0 Å². The second-order valence-electron chi connectivity index (χ2n) is 3.99. The zero-order valence-electron chi connectivity index (χ0n) is 10.2. The van der Waals surface area contributed by atoms with E-state index in [2.05, 4.69) is 0 Å². The molecule has 1 aromatic rings. The minimum absolute atomic E-state index is 0.0345. The normalized spacial score (nSPS) is 11.3. The molecule has 0 bridgehead atoms. The predicted octanol–water partition coefficient (Wildman–Crippen LogP) is 1.52. The van der Waals surface area contributed by atoms with Crippen molar-refractivity contribution < 1.29 is 18.3 Å². The van der Waals surface area contributed by atoms with Gasteiger partial charge >= 0.3 is 0 Å². The maximum absolute atomic E-state index is 14.0. The lowest BCUT2D eigenvalue weighted by atomic mass is 10.1. The van der Waals surface area contributed by atoms with E-state index in [4.69, 9.17) is 23.1 Å². The third kappa shape index (κ3) is 4.77. The summed E-state index contributed by atoms with van der Waals surface area (Å²) >= 11 is 4.71. The van der Waals surface area contributed by atoms with E-state index >= 15 is 0 Å². The van der Waals surface area contributed by atoms with Gasteiger partial charge in [-0.1, -0.05) is 24.4 Å². The van der Waals surface area contributed by atoms with Crippen molar-refractivity contribution in [2.24, 2.45) is 5.73 Å². The van der Waals surface area contributed by atoms with E-state index in [9.17, 15) is 13.2 Å². The molecule has 3 N–H and O–H groups in total. The number of benzene rings is 1. The topological polar surface area (TPSA) is 49.5 Å². The number of alkyl halides is 2. The summed E-state index contributed by atoms with van der Waals surface area (Å²) in [5, 5.41) is 8.82. The molecule has 7 heteroatoms. The largest absolute Gasteiger partial charge is 0.395 e. The van der Waals surface area contributed by atoms with Crippen LogP contribution < -0.4 is 5.73 Å². The van der Waals surface area contributed by atoms with Crippen molar-refractivity contribution in [2.45, 2.75) is 13.0 Å². The van der Waals surface area contributed by atoms with Crippen LogP contribution in [0.15, 0.2) is 18.2 Å². The Hall–Kier alpha value is -1.18. The Labute approximate surface area is 114 Å². The minimum atomic E-state index is -2.55. The maximum atomic E-state index is 14.0. The monoisotopic (exact) mass is 292 g/mol. The molecule has 0 saturated heterocycles. The third-order valence-electron chi connectivity index (χ3n) is 2.55. The van der Waals surface area contributed by atoms with Crippen LogP contribution in [0.2, 0.25) is 0 Å². The number of thiocarbonyl (C=S) groups is 1. The molecule has 1 aromatic carbocycles. The van der Waals surface area contributed by atoms with Gasteiger partial charge in [0.1, 0.15) is 10.8 Å². The van der Waals surface area contributed by atoms with Gasteiger partial charge in [-0.05, 0) is 6.07 Å². The van der Waals surface area contributed by atoms with Gasteiger partial charge in [0.25, 0.3) is 6.43 Å². The fraction of sp³-hybridized carbons (Fsp3) is 0.417. The van der Waals surface area contributed by atoms with Crippen LogP contribution in [-0.4, -0.2) is 41.1 Å². The van der Waals surface area contributed by atoms with E-state index < -0.39 is 18.8 Å². The lowest BCUT2D eigenvalue weighted by molar-refractivity contribution is 0.0741. The summed E-state index contributed by atoms with van der Waals surface area (Å²) in [7, 11) is 0. The van der Waals surface area contributed by atoms with Gasteiger partial charge in [-0.25, -0.2) is 13.2 Å². The molecule has 1 rings (SSSR count). The van der Waals surface area contributed by atoms with E-state index in [0.717, 1.165) is 0 Å². The number of aliphatic hydroxyl groups excluding tert-OH is 1. The lowest BCUT2D eigenvalue weighted by Gasteiger charge is -2.21. The van der Waals surface area contributed by atoms with Crippen LogP contribution in [0.3, 0.4) is 0 Å². The van der Waals surface area contributed by atoms with Gasteiger partial charge in [0.2, 0.25) is 0 Å². The molecule has 0 heterocycles. The predicted molar refractivity (Wildman–Crippen MR) is 70.7 cm³/mol. The molecular formula is C12H15F3N2OS. The van der Waals surface area contributed by atoms with Crippen LogP contribution in [0.4, 0.5) is 13.2 Å². The Morgan fingerprint density at radius 3 is 2.63 bits per heavy atom. The van der Waals surface area contributed by atoms with Crippen LogP contribution in [0, 0.1) is 5.82 Å². The highest BCUT2D eigenvalue weighted by atomic mass is 32.1. The number of rotatable bonds is 7. The van der Waals surface area contributed by atoms with Crippen molar-refractivity contribution in [3.8, 4) is 0 Å². The van der Waals surface area contributed by atoms with E-state index in [0.29, 0.717) is 0 Å². The van der Waals surface area contributed by atoms with Crippen LogP contribution >= 0.6 is 12.2 Å². The van der Waals surface area contributed by atoms with Gasteiger partial charge in [0.15, 0.2) is 0 Å². The molecule has 0 aliphatic heterocycles.